The molecule has 7 heteroatoms. The standard InChI is InChI=1S/C29H40N2O4Si/c1-19(2)36(20(3)4,21(5)6)35-28-18-30-16-24-15-23(22-9-12-25(33-7)13-10-22)11-14-26(24)31(32)17-27(30)29(28)34-8/h9-14,17-21,24H,15-16H2,1-8H3/t24-/m0/s1. The molecule has 1 aliphatic carbocycles. The molecule has 2 aromatic rings. The monoisotopic (exact) mass is 508 g/mol. The zero-order valence-electron chi connectivity index (χ0n) is 22.9. The number of nitrogens with zero attached hydrogens (tertiary/aromatic N) is 2. The number of ether oxygens (including phenoxy) is 2. The average molecular weight is 509 g/mol. The fourth-order valence-electron chi connectivity index (χ4n) is 6.25. The summed E-state index contributed by atoms with van der Waals surface area (Å²) in [5, 5.41) is 13.3. The Morgan fingerprint density at radius 2 is 1.58 bits per heavy atom. The second-order valence-corrected chi connectivity index (χ2v) is 16.2. The predicted octanol–water partition coefficient (Wildman–Crippen LogP) is 6.99. The Bertz CT molecular complexity index is 1170. The van der Waals surface area contributed by atoms with Crippen molar-refractivity contribution in [2.24, 2.45) is 5.92 Å². The van der Waals surface area contributed by atoms with E-state index in [0.29, 0.717) is 28.9 Å². The molecular formula is C29H40N2O4Si. The molecule has 0 saturated carbocycles. The van der Waals surface area contributed by atoms with Crippen molar-refractivity contribution in [2.45, 2.75) is 71.1 Å². The highest BCUT2D eigenvalue weighted by molar-refractivity contribution is 6.78. The number of rotatable bonds is 8. The van der Waals surface area contributed by atoms with Gasteiger partial charge in [0.1, 0.15) is 5.75 Å². The molecule has 194 valence electrons. The lowest BCUT2D eigenvalue weighted by Crippen LogP contribution is -2.50. The number of aromatic nitrogens is 1. The lowest BCUT2D eigenvalue weighted by Gasteiger charge is -2.42. The van der Waals surface area contributed by atoms with E-state index in [4.69, 9.17) is 13.9 Å². The van der Waals surface area contributed by atoms with Gasteiger partial charge in [0, 0.05) is 18.8 Å². The minimum Gasteiger partial charge on any atom is -0.618 e. The van der Waals surface area contributed by atoms with Crippen LogP contribution in [0, 0.1) is 11.1 Å². The van der Waals surface area contributed by atoms with Gasteiger partial charge in [-0.2, -0.15) is 4.74 Å². The third-order valence-electron chi connectivity index (χ3n) is 7.95. The maximum absolute atomic E-state index is 13.3. The fourth-order valence-corrected chi connectivity index (χ4v) is 11.5. The summed E-state index contributed by atoms with van der Waals surface area (Å²) in [6, 6.07) is 8.10. The smallest absolute Gasteiger partial charge is 0.259 e. The van der Waals surface area contributed by atoms with Gasteiger partial charge >= 0.3 is 0 Å². The highest BCUT2D eigenvalue weighted by Gasteiger charge is 2.48. The quantitative estimate of drug-likeness (QED) is 0.219. The van der Waals surface area contributed by atoms with Gasteiger partial charge in [0.25, 0.3) is 8.32 Å². The molecule has 36 heavy (non-hydrogen) atoms. The lowest BCUT2D eigenvalue weighted by atomic mass is 9.87. The molecule has 1 aliphatic heterocycles. The van der Waals surface area contributed by atoms with Crippen molar-refractivity contribution in [1.82, 2.24) is 4.57 Å². The summed E-state index contributed by atoms with van der Waals surface area (Å²) in [5.74, 6) is 2.29. The molecule has 0 N–H and O–H groups in total. The molecule has 1 aromatic carbocycles. The van der Waals surface area contributed by atoms with E-state index in [1.807, 2.05) is 18.2 Å². The molecule has 2 aliphatic rings. The summed E-state index contributed by atoms with van der Waals surface area (Å²) in [4.78, 5) is 0. The first-order chi connectivity index (χ1) is 17.1. The van der Waals surface area contributed by atoms with E-state index in [1.165, 1.54) is 5.57 Å². The molecular weight excluding hydrogens is 468 g/mol. The number of benzene rings is 1. The Morgan fingerprint density at radius 1 is 0.944 bits per heavy atom. The van der Waals surface area contributed by atoms with Crippen LogP contribution in [0.15, 0.2) is 48.3 Å². The summed E-state index contributed by atoms with van der Waals surface area (Å²) in [6.45, 7) is 14.3. The van der Waals surface area contributed by atoms with Crippen molar-refractivity contribution >= 4 is 20.1 Å². The Balaban J connectivity index is 1.70. The Hall–Kier alpha value is -2.93. The fraction of sp³-hybridized carbons (Fsp3) is 0.483. The number of fused-ring (bicyclic) bond motifs is 2. The third kappa shape index (κ3) is 4.49. The molecule has 0 amide bonds. The summed E-state index contributed by atoms with van der Waals surface area (Å²) in [6.07, 6.45) is 8.51. The van der Waals surface area contributed by atoms with Gasteiger partial charge in [-0.3, -0.25) is 0 Å². The lowest BCUT2D eigenvalue weighted by molar-refractivity contribution is -0.404. The van der Waals surface area contributed by atoms with Gasteiger partial charge in [0.15, 0.2) is 22.9 Å². The van der Waals surface area contributed by atoms with Crippen LogP contribution in [0.5, 0.6) is 17.2 Å². The Labute approximate surface area is 216 Å². The van der Waals surface area contributed by atoms with Crippen molar-refractivity contribution in [3.63, 3.8) is 0 Å². The summed E-state index contributed by atoms with van der Waals surface area (Å²) in [7, 11) is 1.15. The van der Waals surface area contributed by atoms with Crippen molar-refractivity contribution in [2.75, 3.05) is 14.2 Å². The Morgan fingerprint density at radius 3 is 2.14 bits per heavy atom. The van der Waals surface area contributed by atoms with Crippen LogP contribution >= 0.6 is 0 Å². The first kappa shape index (κ1) is 26.1. The molecule has 4 rings (SSSR count). The number of methoxy groups -OCH3 is 2. The molecule has 1 aromatic heterocycles. The largest absolute Gasteiger partial charge is 0.618 e. The zero-order valence-corrected chi connectivity index (χ0v) is 23.9. The van der Waals surface area contributed by atoms with Gasteiger partial charge in [0.05, 0.1) is 20.1 Å². The molecule has 0 spiro atoms. The molecule has 0 saturated heterocycles. The normalized spacial score (nSPS) is 17.8. The predicted molar refractivity (Wildman–Crippen MR) is 149 cm³/mol. The average Bonchev–Trinajstić information content (AvgIpc) is 3.09. The highest BCUT2D eigenvalue weighted by atomic mass is 28.4. The third-order valence-corrected chi connectivity index (χ3v) is 13.9. The van der Waals surface area contributed by atoms with E-state index < -0.39 is 8.32 Å². The van der Waals surface area contributed by atoms with E-state index in [-0.39, 0.29) is 5.92 Å². The Kier molecular flexibility index (Phi) is 7.41. The SMILES string of the molecule is COc1ccc(C2=CC=C3[C@@H](C2)Cn2cc(O[Si](C(C)C)(C(C)C)C(C)C)c(OC)c2C=[N+]3[O-])cc1. The van der Waals surface area contributed by atoms with Gasteiger partial charge in [-0.15, -0.1) is 0 Å². The van der Waals surface area contributed by atoms with Crippen LogP contribution in [0.4, 0.5) is 0 Å². The number of hydrogen-bond acceptors (Lipinski definition) is 4. The maximum atomic E-state index is 13.3. The van der Waals surface area contributed by atoms with Crippen molar-refractivity contribution in [1.29, 1.82) is 0 Å². The molecule has 0 fully saturated rings. The highest BCUT2D eigenvalue weighted by Crippen LogP contribution is 2.46. The van der Waals surface area contributed by atoms with Crippen LogP contribution in [-0.2, 0) is 6.54 Å². The topological polar surface area (TPSA) is 58.7 Å². The molecule has 0 radical (unpaired) electrons. The molecule has 1 atom stereocenters. The molecule has 0 unspecified atom stereocenters. The second-order valence-electron chi connectivity index (χ2n) is 10.9. The maximum Gasteiger partial charge on any atom is 0.259 e. The van der Waals surface area contributed by atoms with Gasteiger partial charge in [-0.25, -0.2) is 0 Å². The van der Waals surface area contributed by atoms with E-state index in [9.17, 15) is 5.21 Å². The summed E-state index contributed by atoms with van der Waals surface area (Å²) in [5.41, 5.74) is 5.21. The number of hydroxylamine groups is 1. The van der Waals surface area contributed by atoms with Crippen LogP contribution in [0.25, 0.3) is 5.57 Å². The molecule has 6 nitrogen and oxygen atoms in total. The van der Waals surface area contributed by atoms with E-state index >= 15 is 0 Å². The van der Waals surface area contributed by atoms with Crippen molar-refractivity contribution in [3.8, 4) is 17.2 Å². The van der Waals surface area contributed by atoms with Crippen molar-refractivity contribution < 1.29 is 18.6 Å². The van der Waals surface area contributed by atoms with E-state index in [2.05, 4.69) is 70.5 Å². The first-order valence-corrected chi connectivity index (χ1v) is 15.1. The number of allylic oxidation sites excluding steroid dienone is 4. The van der Waals surface area contributed by atoms with Crippen LogP contribution in [0.2, 0.25) is 16.6 Å². The summed E-state index contributed by atoms with van der Waals surface area (Å²) >= 11 is 0. The molecule has 0 bridgehead atoms. The van der Waals surface area contributed by atoms with Crippen LogP contribution in [0.3, 0.4) is 0 Å². The van der Waals surface area contributed by atoms with E-state index in [1.54, 1.807) is 20.4 Å². The van der Waals surface area contributed by atoms with Crippen LogP contribution in [0.1, 0.15) is 59.2 Å². The van der Waals surface area contributed by atoms with Gasteiger partial charge < -0.3 is 23.7 Å². The minimum absolute atomic E-state index is 0.0503. The van der Waals surface area contributed by atoms with Gasteiger partial charge in [0.2, 0.25) is 6.21 Å². The second kappa shape index (κ2) is 10.2. The summed E-state index contributed by atoms with van der Waals surface area (Å²) < 4.78 is 21.3. The van der Waals surface area contributed by atoms with Gasteiger partial charge in [-0.05, 0) is 46.3 Å². The molecule has 2 heterocycles. The van der Waals surface area contributed by atoms with Crippen LogP contribution < -0.4 is 13.9 Å². The van der Waals surface area contributed by atoms with E-state index in [0.717, 1.165) is 39.6 Å². The number of hydrogen-bond donors (Lipinski definition) is 0. The zero-order chi connectivity index (χ0) is 26.2. The first-order valence-electron chi connectivity index (χ1n) is 12.9. The minimum atomic E-state index is -2.19. The van der Waals surface area contributed by atoms with Crippen LogP contribution in [-0.4, -0.2) is 38.1 Å². The van der Waals surface area contributed by atoms with Gasteiger partial charge in [-0.1, -0.05) is 59.8 Å². The van der Waals surface area contributed by atoms with Crippen molar-refractivity contribution in [3.05, 3.63) is 64.8 Å².